The second kappa shape index (κ2) is 6.50. The Hall–Kier alpha value is -2.41. The summed E-state index contributed by atoms with van der Waals surface area (Å²) >= 11 is 0. The van der Waals surface area contributed by atoms with E-state index < -0.39 is 17.7 Å². The van der Waals surface area contributed by atoms with Crippen LogP contribution >= 0.6 is 0 Å². The van der Waals surface area contributed by atoms with Crippen LogP contribution in [0.3, 0.4) is 0 Å². The highest BCUT2D eigenvalue weighted by molar-refractivity contribution is 5.99. The van der Waals surface area contributed by atoms with Crippen molar-refractivity contribution >= 4 is 23.4 Å². The van der Waals surface area contributed by atoms with E-state index >= 15 is 0 Å². The molecule has 1 rings (SSSR count). The SMILES string of the molecule is Cc1c(NC(=O)CNC(=O)CN)cccc1C(N)=O. The Morgan fingerprint density at radius 1 is 1.21 bits per heavy atom. The molecule has 1 aromatic carbocycles. The van der Waals surface area contributed by atoms with Gasteiger partial charge in [0.25, 0.3) is 0 Å². The van der Waals surface area contributed by atoms with Gasteiger partial charge < -0.3 is 22.1 Å². The Labute approximate surface area is 110 Å². The topological polar surface area (TPSA) is 127 Å². The van der Waals surface area contributed by atoms with E-state index in [1.165, 1.54) is 0 Å². The fraction of sp³-hybridized carbons (Fsp3) is 0.250. The summed E-state index contributed by atoms with van der Waals surface area (Å²) in [7, 11) is 0. The first-order valence-electron chi connectivity index (χ1n) is 5.61. The van der Waals surface area contributed by atoms with Crippen LogP contribution in [0.25, 0.3) is 0 Å². The van der Waals surface area contributed by atoms with Crippen LogP contribution in [0.2, 0.25) is 0 Å². The van der Waals surface area contributed by atoms with Crippen LogP contribution in [0.15, 0.2) is 18.2 Å². The highest BCUT2D eigenvalue weighted by Crippen LogP contribution is 2.18. The fourth-order valence-corrected chi connectivity index (χ4v) is 1.48. The third kappa shape index (κ3) is 4.07. The Morgan fingerprint density at radius 3 is 2.47 bits per heavy atom. The maximum atomic E-state index is 11.6. The molecule has 0 bridgehead atoms. The molecule has 0 aliphatic heterocycles. The number of anilines is 1. The van der Waals surface area contributed by atoms with Gasteiger partial charge in [-0.1, -0.05) is 6.07 Å². The number of rotatable bonds is 5. The minimum absolute atomic E-state index is 0.177. The fourth-order valence-electron chi connectivity index (χ4n) is 1.48. The summed E-state index contributed by atoms with van der Waals surface area (Å²) in [6.45, 7) is 1.31. The lowest BCUT2D eigenvalue weighted by Crippen LogP contribution is -2.36. The van der Waals surface area contributed by atoms with Crippen LogP contribution in [0.4, 0.5) is 5.69 Å². The molecular weight excluding hydrogens is 248 g/mol. The van der Waals surface area contributed by atoms with E-state index in [1.54, 1.807) is 25.1 Å². The summed E-state index contributed by atoms with van der Waals surface area (Å²) in [5.74, 6) is -1.39. The Bertz CT molecular complexity index is 514. The number of hydrogen-bond donors (Lipinski definition) is 4. The van der Waals surface area contributed by atoms with Crippen molar-refractivity contribution in [3.63, 3.8) is 0 Å². The first-order valence-corrected chi connectivity index (χ1v) is 5.61. The van der Waals surface area contributed by atoms with Crippen LogP contribution in [-0.2, 0) is 9.59 Å². The van der Waals surface area contributed by atoms with Gasteiger partial charge in [-0.3, -0.25) is 14.4 Å². The molecule has 6 N–H and O–H groups in total. The molecule has 0 unspecified atom stereocenters. The van der Waals surface area contributed by atoms with Crippen LogP contribution < -0.4 is 22.1 Å². The molecule has 19 heavy (non-hydrogen) atoms. The maximum absolute atomic E-state index is 11.6. The standard InChI is InChI=1S/C12H16N4O3/c1-7-8(12(14)19)3-2-4-9(7)16-11(18)6-15-10(17)5-13/h2-4H,5-6,13H2,1H3,(H2,14,19)(H,15,17)(H,16,18). The van der Waals surface area contributed by atoms with Gasteiger partial charge in [0.05, 0.1) is 13.1 Å². The molecule has 7 heteroatoms. The summed E-state index contributed by atoms with van der Waals surface area (Å²) in [6, 6.07) is 4.83. The molecule has 0 aliphatic rings. The van der Waals surface area contributed by atoms with Crippen molar-refractivity contribution in [2.24, 2.45) is 11.5 Å². The van der Waals surface area contributed by atoms with Gasteiger partial charge >= 0.3 is 0 Å². The predicted octanol–water partition coefficient (Wildman–Crippen LogP) is -0.893. The molecular formula is C12H16N4O3. The molecule has 0 spiro atoms. The molecule has 0 fully saturated rings. The van der Waals surface area contributed by atoms with E-state index in [1.807, 2.05) is 0 Å². The van der Waals surface area contributed by atoms with Crippen molar-refractivity contribution in [2.75, 3.05) is 18.4 Å². The number of hydrogen-bond acceptors (Lipinski definition) is 4. The number of nitrogens with one attached hydrogen (secondary N) is 2. The van der Waals surface area contributed by atoms with Crippen LogP contribution in [0.5, 0.6) is 0 Å². The smallest absolute Gasteiger partial charge is 0.249 e. The second-order valence-electron chi connectivity index (χ2n) is 3.87. The number of amides is 3. The number of primary amides is 1. The molecule has 0 aromatic heterocycles. The molecule has 0 aliphatic carbocycles. The van der Waals surface area contributed by atoms with Gasteiger partial charge in [0.2, 0.25) is 17.7 Å². The van der Waals surface area contributed by atoms with Gasteiger partial charge in [0.15, 0.2) is 0 Å². The molecule has 7 nitrogen and oxygen atoms in total. The summed E-state index contributed by atoms with van der Waals surface area (Å²) in [6.07, 6.45) is 0. The molecule has 0 saturated carbocycles. The van der Waals surface area contributed by atoms with Crippen molar-refractivity contribution in [2.45, 2.75) is 6.92 Å². The number of nitrogens with two attached hydrogens (primary N) is 2. The first-order chi connectivity index (χ1) is 8.95. The maximum Gasteiger partial charge on any atom is 0.249 e. The highest BCUT2D eigenvalue weighted by Gasteiger charge is 2.11. The number of carbonyl (C=O) groups excluding carboxylic acids is 3. The molecule has 0 saturated heterocycles. The second-order valence-corrected chi connectivity index (χ2v) is 3.87. The third-order valence-corrected chi connectivity index (χ3v) is 2.50. The first kappa shape index (κ1) is 14.7. The molecule has 1 aromatic rings. The minimum Gasteiger partial charge on any atom is -0.366 e. The predicted molar refractivity (Wildman–Crippen MR) is 70.4 cm³/mol. The van der Waals surface area contributed by atoms with Gasteiger partial charge in [-0.05, 0) is 24.6 Å². The summed E-state index contributed by atoms with van der Waals surface area (Å²) in [5.41, 5.74) is 11.7. The van der Waals surface area contributed by atoms with Gasteiger partial charge in [-0.15, -0.1) is 0 Å². The van der Waals surface area contributed by atoms with E-state index in [0.29, 0.717) is 16.8 Å². The van der Waals surface area contributed by atoms with E-state index in [-0.39, 0.29) is 13.1 Å². The zero-order valence-electron chi connectivity index (χ0n) is 10.5. The third-order valence-electron chi connectivity index (χ3n) is 2.50. The van der Waals surface area contributed by atoms with Gasteiger partial charge in [0, 0.05) is 11.3 Å². The van der Waals surface area contributed by atoms with E-state index in [4.69, 9.17) is 11.5 Å². The largest absolute Gasteiger partial charge is 0.366 e. The Balaban J connectivity index is 2.72. The van der Waals surface area contributed by atoms with Gasteiger partial charge in [-0.25, -0.2) is 0 Å². The van der Waals surface area contributed by atoms with E-state index in [9.17, 15) is 14.4 Å². The van der Waals surface area contributed by atoms with Crippen LogP contribution in [0.1, 0.15) is 15.9 Å². The van der Waals surface area contributed by atoms with E-state index in [0.717, 1.165) is 0 Å². The van der Waals surface area contributed by atoms with Crippen molar-refractivity contribution < 1.29 is 14.4 Å². The minimum atomic E-state index is -0.565. The quantitative estimate of drug-likeness (QED) is 0.550. The van der Waals surface area contributed by atoms with Crippen LogP contribution in [-0.4, -0.2) is 30.8 Å². The average Bonchev–Trinajstić information content (AvgIpc) is 2.38. The lowest BCUT2D eigenvalue weighted by atomic mass is 10.1. The van der Waals surface area contributed by atoms with Crippen molar-refractivity contribution in [3.05, 3.63) is 29.3 Å². The zero-order chi connectivity index (χ0) is 14.4. The molecule has 102 valence electrons. The van der Waals surface area contributed by atoms with Crippen molar-refractivity contribution in [1.82, 2.24) is 5.32 Å². The molecule has 0 radical (unpaired) electrons. The monoisotopic (exact) mass is 264 g/mol. The number of carbonyl (C=O) groups is 3. The normalized spacial score (nSPS) is 9.79. The highest BCUT2D eigenvalue weighted by atomic mass is 16.2. The van der Waals surface area contributed by atoms with E-state index in [2.05, 4.69) is 10.6 Å². The Kier molecular flexibility index (Phi) is 5.01. The zero-order valence-corrected chi connectivity index (χ0v) is 10.5. The molecule has 0 atom stereocenters. The lowest BCUT2D eigenvalue weighted by Gasteiger charge is -2.11. The van der Waals surface area contributed by atoms with Gasteiger partial charge in [0.1, 0.15) is 0 Å². The lowest BCUT2D eigenvalue weighted by molar-refractivity contribution is -0.123. The Morgan fingerprint density at radius 2 is 1.89 bits per heavy atom. The average molecular weight is 264 g/mol. The van der Waals surface area contributed by atoms with Crippen LogP contribution in [0, 0.1) is 6.92 Å². The summed E-state index contributed by atoms with van der Waals surface area (Å²) < 4.78 is 0. The summed E-state index contributed by atoms with van der Waals surface area (Å²) in [5, 5.41) is 4.92. The molecule has 3 amide bonds. The van der Waals surface area contributed by atoms with Gasteiger partial charge in [-0.2, -0.15) is 0 Å². The summed E-state index contributed by atoms with van der Waals surface area (Å²) in [4.78, 5) is 33.6. The van der Waals surface area contributed by atoms with Crippen molar-refractivity contribution in [3.8, 4) is 0 Å². The number of benzene rings is 1. The molecule has 0 heterocycles. The van der Waals surface area contributed by atoms with Crippen molar-refractivity contribution in [1.29, 1.82) is 0 Å².